The van der Waals surface area contributed by atoms with Crippen LogP contribution in [-0.4, -0.2) is 35.4 Å². The van der Waals surface area contributed by atoms with Gasteiger partial charge in [-0.3, -0.25) is 4.98 Å². The lowest BCUT2D eigenvalue weighted by Gasteiger charge is -2.40. The highest BCUT2D eigenvalue weighted by Crippen LogP contribution is 2.26. The molecule has 0 radical (unpaired) electrons. The van der Waals surface area contributed by atoms with Gasteiger partial charge in [0.25, 0.3) is 0 Å². The number of aliphatic hydroxyl groups is 1. The van der Waals surface area contributed by atoms with E-state index in [1.165, 1.54) is 0 Å². The zero-order chi connectivity index (χ0) is 12.3. The van der Waals surface area contributed by atoms with Crippen molar-refractivity contribution in [2.75, 3.05) is 18.1 Å². The zero-order valence-electron chi connectivity index (χ0n) is 10.5. The van der Waals surface area contributed by atoms with Gasteiger partial charge in [0.2, 0.25) is 0 Å². The smallest absolute Gasteiger partial charge is 0.0723 e. The van der Waals surface area contributed by atoms with Crippen molar-refractivity contribution in [3.8, 4) is 0 Å². The summed E-state index contributed by atoms with van der Waals surface area (Å²) in [7, 11) is 0. The average Bonchev–Trinajstić information content (AvgIpc) is 2.38. The van der Waals surface area contributed by atoms with Crippen LogP contribution in [-0.2, 0) is 11.3 Å². The molecule has 1 N–H and O–H groups in total. The van der Waals surface area contributed by atoms with E-state index in [1.807, 2.05) is 6.07 Å². The second-order valence-corrected chi connectivity index (χ2v) is 4.52. The lowest BCUT2D eigenvalue weighted by atomic mass is 10.1. The topological polar surface area (TPSA) is 45.6 Å². The highest BCUT2D eigenvalue weighted by Gasteiger charge is 2.26. The standard InChI is InChI=1S/C13H20N2O2/c1-3-12-9-17-10(2)7-15(12)13-4-5-14-6-11(13)8-16/h4-6,10,12,16H,3,7-9H2,1-2H3. The second kappa shape index (κ2) is 5.47. The number of hydrogen-bond donors (Lipinski definition) is 1. The fourth-order valence-electron chi connectivity index (χ4n) is 2.30. The Morgan fingerprint density at radius 3 is 3.12 bits per heavy atom. The maximum atomic E-state index is 9.38. The van der Waals surface area contributed by atoms with Crippen LogP contribution >= 0.6 is 0 Å². The fraction of sp³-hybridized carbons (Fsp3) is 0.615. The number of morpholine rings is 1. The third kappa shape index (κ3) is 2.58. The van der Waals surface area contributed by atoms with Gasteiger partial charge >= 0.3 is 0 Å². The number of anilines is 1. The van der Waals surface area contributed by atoms with Crippen molar-refractivity contribution in [3.05, 3.63) is 24.0 Å². The van der Waals surface area contributed by atoms with E-state index in [0.29, 0.717) is 6.04 Å². The summed E-state index contributed by atoms with van der Waals surface area (Å²) in [4.78, 5) is 6.40. The number of aliphatic hydroxyl groups excluding tert-OH is 1. The molecule has 0 aliphatic carbocycles. The van der Waals surface area contributed by atoms with Crippen molar-refractivity contribution in [1.82, 2.24) is 4.98 Å². The summed E-state index contributed by atoms with van der Waals surface area (Å²) in [5.41, 5.74) is 1.98. The van der Waals surface area contributed by atoms with Crippen LogP contribution in [0.25, 0.3) is 0 Å². The maximum Gasteiger partial charge on any atom is 0.0723 e. The molecule has 17 heavy (non-hydrogen) atoms. The van der Waals surface area contributed by atoms with Crippen LogP contribution in [0.1, 0.15) is 25.8 Å². The molecule has 1 aliphatic rings. The third-order valence-electron chi connectivity index (χ3n) is 3.30. The minimum Gasteiger partial charge on any atom is -0.392 e. The van der Waals surface area contributed by atoms with Crippen molar-refractivity contribution in [3.63, 3.8) is 0 Å². The summed E-state index contributed by atoms with van der Waals surface area (Å²) in [5.74, 6) is 0. The Morgan fingerprint density at radius 2 is 2.41 bits per heavy atom. The molecule has 0 amide bonds. The van der Waals surface area contributed by atoms with Crippen molar-refractivity contribution >= 4 is 5.69 Å². The Bertz CT molecular complexity index is 370. The summed E-state index contributed by atoms with van der Waals surface area (Å²) >= 11 is 0. The first kappa shape index (κ1) is 12.3. The number of aromatic nitrogens is 1. The molecule has 1 aromatic rings. The number of rotatable bonds is 3. The summed E-state index contributed by atoms with van der Waals surface area (Å²) in [6.45, 7) is 5.90. The normalized spacial score (nSPS) is 25.0. The van der Waals surface area contributed by atoms with Crippen LogP contribution in [0, 0.1) is 0 Å². The molecular weight excluding hydrogens is 216 g/mol. The van der Waals surface area contributed by atoms with E-state index in [2.05, 4.69) is 23.7 Å². The highest BCUT2D eigenvalue weighted by molar-refractivity contribution is 5.53. The van der Waals surface area contributed by atoms with Crippen LogP contribution < -0.4 is 4.90 Å². The lowest BCUT2D eigenvalue weighted by molar-refractivity contribution is 0.0298. The Hall–Kier alpha value is -1.13. The average molecular weight is 236 g/mol. The van der Waals surface area contributed by atoms with Gasteiger partial charge in [0.1, 0.15) is 0 Å². The Balaban J connectivity index is 2.28. The van der Waals surface area contributed by atoms with Gasteiger partial charge in [-0.2, -0.15) is 0 Å². The largest absolute Gasteiger partial charge is 0.392 e. The molecule has 2 atom stereocenters. The summed E-state index contributed by atoms with van der Waals surface area (Å²) in [6, 6.07) is 2.37. The number of nitrogens with zero attached hydrogens (tertiary/aromatic N) is 2. The highest BCUT2D eigenvalue weighted by atomic mass is 16.5. The first-order valence-electron chi connectivity index (χ1n) is 6.18. The van der Waals surface area contributed by atoms with E-state index >= 15 is 0 Å². The first-order valence-corrected chi connectivity index (χ1v) is 6.18. The Morgan fingerprint density at radius 1 is 1.59 bits per heavy atom. The zero-order valence-corrected chi connectivity index (χ0v) is 10.5. The fourth-order valence-corrected chi connectivity index (χ4v) is 2.30. The molecule has 0 bridgehead atoms. The van der Waals surface area contributed by atoms with Crippen molar-refractivity contribution in [2.24, 2.45) is 0 Å². The SMILES string of the molecule is CCC1COC(C)CN1c1ccncc1CO. The second-order valence-electron chi connectivity index (χ2n) is 4.52. The van der Waals surface area contributed by atoms with Crippen LogP contribution in [0.2, 0.25) is 0 Å². The van der Waals surface area contributed by atoms with Gasteiger partial charge < -0.3 is 14.7 Å². The van der Waals surface area contributed by atoms with Crippen LogP contribution in [0.15, 0.2) is 18.5 Å². The van der Waals surface area contributed by atoms with Crippen molar-refractivity contribution in [2.45, 2.75) is 39.0 Å². The minimum absolute atomic E-state index is 0.0331. The molecule has 1 fully saturated rings. The summed E-state index contributed by atoms with van der Waals surface area (Å²) in [6.07, 6.45) is 4.79. The molecule has 2 heterocycles. The number of ether oxygens (including phenoxy) is 1. The molecule has 4 nitrogen and oxygen atoms in total. The van der Waals surface area contributed by atoms with Gasteiger partial charge in [-0.05, 0) is 19.4 Å². The molecule has 1 aromatic heterocycles. The van der Waals surface area contributed by atoms with Gasteiger partial charge in [-0.1, -0.05) is 6.92 Å². The van der Waals surface area contributed by atoms with E-state index in [-0.39, 0.29) is 12.7 Å². The van der Waals surface area contributed by atoms with E-state index in [4.69, 9.17) is 4.74 Å². The number of hydrogen-bond acceptors (Lipinski definition) is 4. The molecule has 1 saturated heterocycles. The summed E-state index contributed by atoms with van der Waals surface area (Å²) < 4.78 is 5.69. The molecule has 94 valence electrons. The van der Waals surface area contributed by atoms with Crippen LogP contribution in [0.3, 0.4) is 0 Å². The van der Waals surface area contributed by atoms with Gasteiger partial charge in [0.15, 0.2) is 0 Å². The predicted molar refractivity (Wildman–Crippen MR) is 67.0 cm³/mol. The predicted octanol–water partition coefficient (Wildman–Crippen LogP) is 1.58. The molecule has 2 unspecified atom stereocenters. The van der Waals surface area contributed by atoms with Crippen molar-refractivity contribution < 1.29 is 9.84 Å². The molecule has 0 saturated carbocycles. The van der Waals surface area contributed by atoms with Gasteiger partial charge in [0, 0.05) is 30.2 Å². The molecule has 0 aromatic carbocycles. The van der Waals surface area contributed by atoms with E-state index in [9.17, 15) is 5.11 Å². The molecule has 4 heteroatoms. The lowest BCUT2D eigenvalue weighted by Crippen LogP contribution is -2.49. The van der Waals surface area contributed by atoms with E-state index in [0.717, 1.165) is 30.8 Å². The molecule has 0 spiro atoms. The molecular formula is C13H20N2O2. The van der Waals surface area contributed by atoms with Crippen LogP contribution in [0.4, 0.5) is 5.69 Å². The number of pyridine rings is 1. The Kier molecular flexibility index (Phi) is 3.97. The van der Waals surface area contributed by atoms with E-state index < -0.39 is 0 Å². The maximum absolute atomic E-state index is 9.38. The van der Waals surface area contributed by atoms with Gasteiger partial charge in [-0.15, -0.1) is 0 Å². The molecule has 1 aliphatic heterocycles. The van der Waals surface area contributed by atoms with Gasteiger partial charge in [-0.25, -0.2) is 0 Å². The quantitative estimate of drug-likeness (QED) is 0.865. The van der Waals surface area contributed by atoms with Crippen LogP contribution in [0.5, 0.6) is 0 Å². The first-order chi connectivity index (χ1) is 8.26. The van der Waals surface area contributed by atoms with E-state index in [1.54, 1.807) is 12.4 Å². The minimum atomic E-state index is 0.0331. The summed E-state index contributed by atoms with van der Waals surface area (Å²) in [5, 5.41) is 9.38. The molecule has 2 rings (SSSR count). The third-order valence-corrected chi connectivity index (χ3v) is 3.30. The van der Waals surface area contributed by atoms with Crippen molar-refractivity contribution in [1.29, 1.82) is 0 Å². The monoisotopic (exact) mass is 236 g/mol. The van der Waals surface area contributed by atoms with Gasteiger partial charge in [0.05, 0.1) is 25.4 Å². The Labute approximate surface area is 102 Å².